The van der Waals surface area contributed by atoms with E-state index in [1.54, 1.807) is 0 Å². The highest BCUT2D eigenvalue weighted by atomic mass is 35.5. The fraction of sp³-hybridized carbons (Fsp3) is 0.368. The normalized spacial score (nSPS) is 15.2. The summed E-state index contributed by atoms with van der Waals surface area (Å²) in [7, 11) is 0. The Hall–Kier alpha value is -2.11. The van der Waals surface area contributed by atoms with Crippen molar-refractivity contribution in [3.05, 3.63) is 64.9 Å². The zero-order chi connectivity index (χ0) is 17.5. The van der Waals surface area contributed by atoms with Crippen LogP contribution in [0.3, 0.4) is 0 Å². The van der Waals surface area contributed by atoms with Crippen LogP contribution >= 0.6 is 11.6 Å². The van der Waals surface area contributed by atoms with Crippen LogP contribution in [0.25, 0.3) is 0 Å². The summed E-state index contributed by atoms with van der Waals surface area (Å²) in [6, 6.07) is 11.8. The van der Waals surface area contributed by atoms with Crippen molar-refractivity contribution in [2.75, 3.05) is 32.7 Å². The van der Waals surface area contributed by atoms with Gasteiger partial charge in [-0.05, 0) is 41.8 Å². The summed E-state index contributed by atoms with van der Waals surface area (Å²) < 4.78 is 0. The molecule has 0 spiro atoms. The van der Waals surface area contributed by atoms with E-state index in [-0.39, 0.29) is 6.03 Å². The zero-order valence-corrected chi connectivity index (χ0v) is 15.0. The van der Waals surface area contributed by atoms with E-state index >= 15 is 0 Å². The van der Waals surface area contributed by atoms with Gasteiger partial charge in [0.1, 0.15) is 0 Å². The predicted molar refractivity (Wildman–Crippen MR) is 99.6 cm³/mol. The molecular formula is C19H23ClN4O. The molecule has 3 rings (SSSR count). The first kappa shape index (κ1) is 17.7. The number of nitrogens with zero attached hydrogens (tertiary/aromatic N) is 3. The maximum absolute atomic E-state index is 12.3. The number of aromatic nitrogens is 1. The van der Waals surface area contributed by atoms with Crippen molar-refractivity contribution in [1.82, 2.24) is 20.1 Å². The van der Waals surface area contributed by atoms with Crippen molar-refractivity contribution in [3.8, 4) is 0 Å². The van der Waals surface area contributed by atoms with Crippen LogP contribution in [0.1, 0.15) is 11.1 Å². The molecule has 2 heterocycles. The second-order valence-corrected chi connectivity index (χ2v) is 6.67. The number of hydrogen-bond donors (Lipinski definition) is 1. The molecule has 132 valence electrons. The average Bonchev–Trinajstić information content (AvgIpc) is 2.63. The summed E-state index contributed by atoms with van der Waals surface area (Å²) in [6.45, 7) is 4.83. The zero-order valence-electron chi connectivity index (χ0n) is 14.2. The highest BCUT2D eigenvalue weighted by Gasteiger charge is 2.20. The molecular weight excluding hydrogens is 336 g/mol. The summed E-state index contributed by atoms with van der Waals surface area (Å²) in [5.74, 6) is 0. The molecule has 0 aliphatic carbocycles. The van der Waals surface area contributed by atoms with Crippen LogP contribution < -0.4 is 5.32 Å². The Kier molecular flexibility index (Phi) is 6.25. The second kappa shape index (κ2) is 8.83. The van der Waals surface area contributed by atoms with Gasteiger partial charge in [-0.1, -0.05) is 23.7 Å². The van der Waals surface area contributed by atoms with E-state index in [1.165, 1.54) is 5.56 Å². The monoisotopic (exact) mass is 358 g/mol. The molecule has 2 amide bonds. The SMILES string of the molecule is O=C(NCCc1cccc(Cl)c1)N1CCN(Cc2ccncc2)CC1. The van der Waals surface area contributed by atoms with Crippen molar-refractivity contribution in [3.63, 3.8) is 0 Å². The van der Waals surface area contributed by atoms with Gasteiger partial charge in [-0.2, -0.15) is 0 Å². The van der Waals surface area contributed by atoms with Gasteiger partial charge in [0, 0.05) is 56.7 Å². The lowest BCUT2D eigenvalue weighted by molar-refractivity contribution is 0.135. The molecule has 2 aromatic rings. The van der Waals surface area contributed by atoms with Crippen molar-refractivity contribution >= 4 is 17.6 Å². The standard InChI is InChI=1S/C19H23ClN4O/c20-18-3-1-2-16(14-18)6-9-22-19(25)24-12-10-23(11-13-24)15-17-4-7-21-8-5-17/h1-5,7-8,14H,6,9-13,15H2,(H,22,25). The number of rotatable bonds is 5. The summed E-state index contributed by atoms with van der Waals surface area (Å²) in [5.41, 5.74) is 2.39. The first-order chi connectivity index (χ1) is 12.2. The molecule has 1 N–H and O–H groups in total. The number of carbonyl (C=O) groups is 1. The highest BCUT2D eigenvalue weighted by Crippen LogP contribution is 2.11. The van der Waals surface area contributed by atoms with Crippen LogP contribution in [0.2, 0.25) is 5.02 Å². The third kappa shape index (κ3) is 5.44. The Balaban J connectivity index is 1.38. The third-order valence-electron chi connectivity index (χ3n) is 4.39. The van der Waals surface area contributed by atoms with Gasteiger partial charge in [0.2, 0.25) is 0 Å². The number of amides is 2. The van der Waals surface area contributed by atoms with E-state index in [0.29, 0.717) is 6.54 Å². The molecule has 0 atom stereocenters. The van der Waals surface area contributed by atoms with Crippen LogP contribution in [0.5, 0.6) is 0 Å². The van der Waals surface area contributed by atoms with Crippen molar-refractivity contribution in [1.29, 1.82) is 0 Å². The van der Waals surface area contributed by atoms with E-state index in [2.05, 4.69) is 15.2 Å². The van der Waals surface area contributed by atoms with Crippen LogP contribution in [0.15, 0.2) is 48.8 Å². The quantitative estimate of drug-likeness (QED) is 0.894. The lowest BCUT2D eigenvalue weighted by atomic mass is 10.1. The van der Waals surface area contributed by atoms with Gasteiger partial charge < -0.3 is 10.2 Å². The molecule has 6 heteroatoms. The molecule has 1 saturated heterocycles. The first-order valence-electron chi connectivity index (χ1n) is 8.59. The molecule has 5 nitrogen and oxygen atoms in total. The Bertz CT molecular complexity index is 687. The molecule has 1 aliphatic heterocycles. The van der Waals surface area contributed by atoms with E-state index in [0.717, 1.165) is 49.7 Å². The van der Waals surface area contributed by atoms with Crippen molar-refractivity contribution in [2.24, 2.45) is 0 Å². The summed E-state index contributed by atoms with van der Waals surface area (Å²) in [5, 5.41) is 3.73. The Morgan fingerprint density at radius 2 is 1.84 bits per heavy atom. The van der Waals surface area contributed by atoms with Gasteiger partial charge in [0.05, 0.1) is 0 Å². The Morgan fingerprint density at radius 3 is 2.56 bits per heavy atom. The molecule has 1 aromatic carbocycles. The second-order valence-electron chi connectivity index (χ2n) is 6.23. The topological polar surface area (TPSA) is 48.5 Å². The van der Waals surface area contributed by atoms with Crippen LogP contribution in [-0.2, 0) is 13.0 Å². The van der Waals surface area contributed by atoms with Gasteiger partial charge in [0.25, 0.3) is 0 Å². The number of nitrogens with one attached hydrogen (secondary N) is 1. The number of urea groups is 1. The Morgan fingerprint density at radius 1 is 1.08 bits per heavy atom. The van der Waals surface area contributed by atoms with Crippen molar-refractivity contribution < 1.29 is 4.79 Å². The average molecular weight is 359 g/mol. The van der Waals surface area contributed by atoms with E-state index in [1.807, 2.05) is 53.7 Å². The fourth-order valence-corrected chi connectivity index (χ4v) is 3.19. The number of benzene rings is 1. The van der Waals surface area contributed by atoms with Gasteiger partial charge >= 0.3 is 6.03 Å². The van der Waals surface area contributed by atoms with E-state index in [9.17, 15) is 4.79 Å². The number of hydrogen-bond acceptors (Lipinski definition) is 3. The number of carbonyl (C=O) groups excluding carboxylic acids is 1. The third-order valence-corrected chi connectivity index (χ3v) is 4.63. The minimum Gasteiger partial charge on any atom is -0.338 e. The molecule has 0 radical (unpaired) electrons. The summed E-state index contributed by atoms with van der Waals surface area (Å²) in [4.78, 5) is 20.6. The molecule has 0 saturated carbocycles. The number of pyridine rings is 1. The van der Waals surface area contributed by atoms with Crippen LogP contribution in [-0.4, -0.2) is 53.5 Å². The van der Waals surface area contributed by atoms with Crippen LogP contribution in [0.4, 0.5) is 4.79 Å². The first-order valence-corrected chi connectivity index (χ1v) is 8.97. The van der Waals surface area contributed by atoms with E-state index < -0.39 is 0 Å². The highest BCUT2D eigenvalue weighted by molar-refractivity contribution is 6.30. The maximum atomic E-state index is 12.3. The van der Waals surface area contributed by atoms with Gasteiger partial charge in [-0.25, -0.2) is 4.79 Å². The largest absolute Gasteiger partial charge is 0.338 e. The molecule has 1 aromatic heterocycles. The van der Waals surface area contributed by atoms with Crippen molar-refractivity contribution in [2.45, 2.75) is 13.0 Å². The molecule has 25 heavy (non-hydrogen) atoms. The summed E-state index contributed by atoms with van der Waals surface area (Å²) >= 11 is 5.98. The van der Waals surface area contributed by atoms with E-state index in [4.69, 9.17) is 11.6 Å². The fourth-order valence-electron chi connectivity index (χ4n) is 2.97. The lowest BCUT2D eigenvalue weighted by Gasteiger charge is -2.34. The van der Waals surface area contributed by atoms with Crippen LogP contribution in [0, 0.1) is 0 Å². The van der Waals surface area contributed by atoms with Gasteiger partial charge in [0.15, 0.2) is 0 Å². The smallest absolute Gasteiger partial charge is 0.317 e. The maximum Gasteiger partial charge on any atom is 0.317 e. The molecule has 0 bridgehead atoms. The van der Waals surface area contributed by atoms with Gasteiger partial charge in [-0.3, -0.25) is 9.88 Å². The molecule has 1 fully saturated rings. The number of halogens is 1. The molecule has 0 unspecified atom stereocenters. The minimum absolute atomic E-state index is 0.0191. The Labute approximate surface area is 153 Å². The predicted octanol–water partition coefficient (Wildman–Crippen LogP) is 2.80. The lowest BCUT2D eigenvalue weighted by Crippen LogP contribution is -2.51. The minimum atomic E-state index is 0.0191. The molecule has 1 aliphatic rings. The summed E-state index contributed by atoms with van der Waals surface area (Å²) in [6.07, 6.45) is 4.42. The number of piperazine rings is 1. The van der Waals surface area contributed by atoms with Gasteiger partial charge in [-0.15, -0.1) is 0 Å².